The molecule has 0 saturated carbocycles. The molecule has 120 valence electrons. The molecular formula is C17H21N5O. The maximum Gasteiger partial charge on any atom is 0.157 e. The minimum Gasteiger partial charge on any atom is -0.508 e. The summed E-state index contributed by atoms with van der Waals surface area (Å²) in [5.74, 6) is 0.325. The molecule has 0 aliphatic carbocycles. The molecule has 0 atom stereocenters. The number of aromatic hydroxyl groups is 1. The molecule has 0 aliphatic heterocycles. The third kappa shape index (κ3) is 3.27. The Hall–Kier alpha value is -2.60. The van der Waals surface area contributed by atoms with E-state index in [0.29, 0.717) is 5.75 Å². The first-order valence-electron chi connectivity index (χ1n) is 7.80. The fourth-order valence-corrected chi connectivity index (χ4v) is 2.59. The van der Waals surface area contributed by atoms with E-state index < -0.39 is 0 Å². The zero-order chi connectivity index (χ0) is 16.2. The number of anilines is 2. The van der Waals surface area contributed by atoms with E-state index in [1.54, 1.807) is 18.5 Å². The molecule has 0 radical (unpaired) electrons. The van der Waals surface area contributed by atoms with E-state index in [2.05, 4.69) is 39.2 Å². The van der Waals surface area contributed by atoms with Crippen LogP contribution in [0.4, 0.5) is 11.4 Å². The number of pyridine rings is 1. The van der Waals surface area contributed by atoms with Crippen molar-refractivity contribution in [1.29, 1.82) is 0 Å². The first kappa shape index (κ1) is 15.3. The van der Waals surface area contributed by atoms with E-state index in [4.69, 9.17) is 0 Å². The molecule has 2 heterocycles. The van der Waals surface area contributed by atoms with Crippen molar-refractivity contribution in [3.05, 3.63) is 42.2 Å². The van der Waals surface area contributed by atoms with Gasteiger partial charge in [-0.1, -0.05) is 13.8 Å². The first-order chi connectivity index (χ1) is 11.2. The van der Waals surface area contributed by atoms with Gasteiger partial charge >= 0.3 is 0 Å². The average molecular weight is 311 g/mol. The van der Waals surface area contributed by atoms with Gasteiger partial charge in [0.05, 0.1) is 17.3 Å². The quantitative estimate of drug-likeness (QED) is 0.609. The highest BCUT2D eigenvalue weighted by Gasteiger charge is 2.09. The van der Waals surface area contributed by atoms with Crippen LogP contribution >= 0.6 is 0 Å². The van der Waals surface area contributed by atoms with E-state index in [0.717, 1.165) is 47.6 Å². The van der Waals surface area contributed by atoms with Crippen LogP contribution in [0.3, 0.4) is 0 Å². The highest BCUT2D eigenvalue weighted by Crippen LogP contribution is 2.27. The van der Waals surface area contributed by atoms with Crippen molar-refractivity contribution >= 4 is 22.4 Å². The Bertz CT molecular complexity index is 795. The SMILES string of the molecule is CCN(CC)Cc1cc(Nc2ccnc3[nH]ncc23)ccc1O. The van der Waals surface area contributed by atoms with Crippen LogP contribution < -0.4 is 5.32 Å². The van der Waals surface area contributed by atoms with E-state index in [1.807, 2.05) is 18.2 Å². The lowest BCUT2D eigenvalue weighted by Gasteiger charge is -2.19. The summed E-state index contributed by atoms with van der Waals surface area (Å²) in [6.07, 6.45) is 3.49. The lowest BCUT2D eigenvalue weighted by atomic mass is 10.1. The Labute approximate surface area is 135 Å². The van der Waals surface area contributed by atoms with Crippen LogP contribution in [0.15, 0.2) is 36.7 Å². The Balaban J connectivity index is 1.87. The zero-order valence-corrected chi connectivity index (χ0v) is 13.4. The second kappa shape index (κ2) is 6.66. The fraction of sp³-hybridized carbons (Fsp3) is 0.294. The van der Waals surface area contributed by atoms with Crippen LogP contribution in [0.1, 0.15) is 19.4 Å². The van der Waals surface area contributed by atoms with Gasteiger partial charge in [0, 0.05) is 24.0 Å². The number of aromatic amines is 1. The van der Waals surface area contributed by atoms with Crippen molar-refractivity contribution in [2.24, 2.45) is 0 Å². The summed E-state index contributed by atoms with van der Waals surface area (Å²) in [4.78, 5) is 6.50. The van der Waals surface area contributed by atoms with Gasteiger partial charge in [0.1, 0.15) is 5.75 Å². The van der Waals surface area contributed by atoms with Gasteiger partial charge < -0.3 is 10.4 Å². The van der Waals surface area contributed by atoms with Gasteiger partial charge in [-0.15, -0.1) is 0 Å². The zero-order valence-electron chi connectivity index (χ0n) is 13.4. The molecule has 23 heavy (non-hydrogen) atoms. The van der Waals surface area contributed by atoms with Gasteiger partial charge in [-0.05, 0) is 37.4 Å². The normalized spacial score (nSPS) is 11.3. The van der Waals surface area contributed by atoms with Crippen molar-refractivity contribution in [2.75, 3.05) is 18.4 Å². The summed E-state index contributed by atoms with van der Waals surface area (Å²) in [6, 6.07) is 7.50. The number of hydrogen-bond donors (Lipinski definition) is 3. The number of phenols is 1. The molecule has 1 aromatic carbocycles. The standard InChI is InChI=1S/C17H21N5O/c1-3-22(4-2)11-12-9-13(5-6-16(12)23)20-15-7-8-18-17-14(15)10-19-21-17/h5-10,23H,3-4,11H2,1-2H3,(H2,18,19,20,21). The minimum absolute atomic E-state index is 0.325. The Kier molecular flexibility index (Phi) is 4.43. The molecule has 6 nitrogen and oxygen atoms in total. The average Bonchev–Trinajstić information content (AvgIpc) is 3.05. The third-order valence-electron chi connectivity index (χ3n) is 4.00. The number of benzene rings is 1. The van der Waals surface area contributed by atoms with E-state index in [1.165, 1.54) is 0 Å². The molecule has 3 rings (SSSR count). The highest BCUT2D eigenvalue weighted by molar-refractivity contribution is 5.90. The predicted molar refractivity (Wildman–Crippen MR) is 91.9 cm³/mol. The van der Waals surface area contributed by atoms with Crippen molar-refractivity contribution in [3.8, 4) is 5.75 Å². The maximum absolute atomic E-state index is 10.1. The van der Waals surface area contributed by atoms with Gasteiger partial charge in [-0.25, -0.2) is 4.98 Å². The van der Waals surface area contributed by atoms with Gasteiger partial charge in [0.2, 0.25) is 0 Å². The Morgan fingerprint density at radius 3 is 2.83 bits per heavy atom. The summed E-state index contributed by atoms with van der Waals surface area (Å²) < 4.78 is 0. The molecule has 0 bridgehead atoms. The topological polar surface area (TPSA) is 77.1 Å². The Morgan fingerprint density at radius 2 is 2.04 bits per heavy atom. The third-order valence-corrected chi connectivity index (χ3v) is 4.00. The molecule has 3 N–H and O–H groups in total. The lowest BCUT2D eigenvalue weighted by Crippen LogP contribution is -2.22. The van der Waals surface area contributed by atoms with Crippen LogP contribution in [-0.4, -0.2) is 38.3 Å². The molecule has 3 aromatic rings. The fourth-order valence-electron chi connectivity index (χ4n) is 2.59. The lowest BCUT2D eigenvalue weighted by molar-refractivity contribution is 0.291. The number of phenolic OH excluding ortho intramolecular Hbond substituents is 1. The van der Waals surface area contributed by atoms with Crippen LogP contribution in [0.2, 0.25) is 0 Å². The van der Waals surface area contributed by atoms with Crippen LogP contribution in [0.5, 0.6) is 5.75 Å². The molecule has 6 heteroatoms. The van der Waals surface area contributed by atoms with E-state index >= 15 is 0 Å². The minimum atomic E-state index is 0.325. The number of aromatic nitrogens is 3. The van der Waals surface area contributed by atoms with Crippen molar-refractivity contribution < 1.29 is 5.11 Å². The van der Waals surface area contributed by atoms with Gasteiger partial charge in [0.15, 0.2) is 5.65 Å². The van der Waals surface area contributed by atoms with Crippen molar-refractivity contribution in [3.63, 3.8) is 0 Å². The maximum atomic E-state index is 10.1. The van der Waals surface area contributed by atoms with Crippen LogP contribution in [-0.2, 0) is 6.54 Å². The smallest absolute Gasteiger partial charge is 0.157 e. The van der Waals surface area contributed by atoms with Crippen LogP contribution in [0.25, 0.3) is 11.0 Å². The monoisotopic (exact) mass is 311 g/mol. The largest absolute Gasteiger partial charge is 0.508 e. The van der Waals surface area contributed by atoms with Crippen LogP contribution in [0, 0.1) is 0 Å². The van der Waals surface area contributed by atoms with Crippen molar-refractivity contribution in [1.82, 2.24) is 20.1 Å². The molecule has 0 fully saturated rings. The van der Waals surface area contributed by atoms with Gasteiger partial charge in [-0.2, -0.15) is 5.10 Å². The predicted octanol–water partition coefficient (Wildman–Crippen LogP) is 3.25. The summed E-state index contributed by atoms with van der Waals surface area (Å²) in [7, 11) is 0. The summed E-state index contributed by atoms with van der Waals surface area (Å²) >= 11 is 0. The number of rotatable bonds is 6. The molecule has 0 saturated heterocycles. The highest BCUT2D eigenvalue weighted by atomic mass is 16.3. The second-order valence-corrected chi connectivity index (χ2v) is 5.42. The Morgan fingerprint density at radius 1 is 1.22 bits per heavy atom. The van der Waals surface area contributed by atoms with E-state index in [-0.39, 0.29) is 0 Å². The number of fused-ring (bicyclic) bond motifs is 1. The number of nitrogens with zero attached hydrogens (tertiary/aromatic N) is 3. The summed E-state index contributed by atoms with van der Waals surface area (Å²) in [6.45, 7) is 6.87. The summed E-state index contributed by atoms with van der Waals surface area (Å²) in [5.41, 5.74) is 3.52. The number of hydrogen-bond acceptors (Lipinski definition) is 5. The molecule has 2 aromatic heterocycles. The first-order valence-corrected chi connectivity index (χ1v) is 7.80. The molecule has 0 amide bonds. The van der Waals surface area contributed by atoms with Crippen molar-refractivity contribution in [2.45, 2.75) is 20.4 Å². The molecule has 0 spiro atoms. The molecular weight excluding hydrogens is 290 g/mol. The molecule has 0 unspecified atom stereocenters. The van der Waals surface area contributed by atoms with Gasteiger partial charge in [0.25, 0.3) is 0 Å². The summed E-state index contributed by atoms with van der Waals surface area (Å²) in [5, 5.41) is 21.3. The molecule has 0 aliphatic rings. The number of nitrogens with one attached hydrogen (secondary N) is 2. The number of H-pyrrole nitrogens is 1. The second-order valence-electron chi connectivity index (χ2n) is 5.42. The van der Waals surface area contributed by atoms with E-state index in [9.17, 15) is 5.11 Å². The van der Waals surface area contributed by atoms with Gasteiger partial charge in [-0.3, -0.25) is 10.00 Å².